The van der Waals surface area contributed by atoms with Crippen molar-refractivity contribution in [3.05, 3.63) is 0 Å². The van der Waals surface area contributed by atoms with Crippen LogP contribution in [0.4, 0.5) is 0 Å². The van der Waals surface area contributed by atoms with Crippen molar-refractivity contribution in [2.45, 2.75) is 321 Å². The Balaban J connectivity index is 3.51. The van der Waals surface area contributed by atoms with E-state index in [1.165, 1.54) is 244 Å². The number of aliphatic hydroxyl groups is 3. The molecule has 0 bridgehead atoms. The maximum atomic E-state index is 12.5. The van der Waals surface area contributed by atoms with Gasteiger partial charge in [0.05, 0.1) is 18.8 Å². The van der Waals surface area contributed by atoms with Crippen molar-refractivity contribution in [1.29, 1.82) is 0 Å². The minimum absolute atomic E-state index is 0.307. The van der Waals surface area contributed by atoms with Crippen LogP contribution >= 0.6 is 0 Å². The Bertz CT molecular complexity index is 762. The van der Waals surface area contributed by atoms with Crippen LogP contribution in [0.5, 0.6) is 0 Å². The third-order valence-electron chi connectivity index (χ3n) is 12.7. The van der Waals surface area contributed by atoms with Gasteiger partial charge in [-0.05, 0) is 12.8 Å². The molecule has 0 aromatic rings. The van der Waals surface area contributed by atoms with E-state index in [-0.39, 0.29) is 6.61 Å². The van der Waals surface area contributed by atoms with Gasteiger partial charge in [-0.15, -0.1) is 0 Å². The fourth-order valence-electron chi connectivity index (χ4n) is 8.61. The zero-order valence-electron chi connectivity index (χ0n) is 39.0. The molecule has 5 heteroatoms. The van der Waals surface area contributed by atoms with Crippen molar-refractivity contribution in [3.63, 3.8) is 0 Å². The maximum Gasteiger partial charge on any atom is 0.249 e. The predicted molar refractivity (Wildman–Crippen MR) is 250 cm³/mol. The second-order valence-corrected chi connectivity index (χ2v) is 18.5. The van der Waals surface area contributed by atoms with Crippen molar-refractivity contribution in [1.82, 2.24) is 5.32 Å². The van der Waals surface area contributed by atoms with Gasteiger partial charge < -0.3 is 20.6 Å². The molecular formula is C52H105NO4. The third-order valence-corrected chi connectivity index (χ3v) is 12.7. The van der Waals surface area contributed by atoms with Gasteiger partial charge in [0.25, 0.3) is 0 Å². The van der Waals surface area contributed by atoms with Crippen molar-refractivity contribution >= 4 is 5.91 Å². The van der Waals surface area contributed by atoms with Crippen molar-refractivity contribution in [2.24, 2.45) is 0 Å². The number of nitrogens with one attached hydrogen (secondary N) is 1. The highest BCUT2D eigenvalue weighted by Crippen LogP contribution is 2.18. The van der Waals surface area contributed by atoms with Gasteiger partial charge >= 0.3 is 0 Å². The van der Waals surface area contributed by atoms with Gasteiger partial charge in [-0.2, -0.15) is 0 Å². The molecule has 0 spiro atoms. The Morgan fingerprint density at radius 1 is 0.351 bits per heavy atom. The molecule has 3 atom stereocenters. The Labute approximate surface area is 357 Å². The monoisotopic (exact) mass is 808 g/mol. The van der Waals surface area contributed by atoms with Crippen molar-refractivity contribution in [3.8, 4) is 0 Å². The molecule has 0 rings (SSSR count). The Morgan fingerprint density at radius 2 is 0.561 bits per heavy atom. The second-order valence-electron chi connectivity index (χ2n) is 18.5. The minimum Gasteiger partial charge on any atom is -0.394 e. The van der Waals surface area contributed by atoms with Gasteiger partial charge in [-0.25, -0.2) is 0 Å². The number of amides is 1. The van der Waals surface area contributed by atoms with Gasteiger partial charge in [0, 0.05) is 0 Å². The summed E-state index contributed by atoms with van der Waals surface area (Å²) in [5.74, 6) is -0.463. The first-order valence-electron chi connectivity index (χ1n) is 26.3. The molecule has 0 saturated heterocycles. The lowest BCUT2D eigenvalue weighted by atomic mass is 10.0. The molecule has 0 heterocycles. The normalized spacial score (nSPS) is 13.3. The number of aliphatic hydroxyl groups excluding tert-OH is 3. The highest BCUT2D eigenvalue weighted by Gasteiger charge is 2.23. The zero-order chi connectivity index (χ0) is 41.5. The molecule has 342 valence electrons. The first kappa shape index (κ1) is 56.4. The number of unbranched alkanes of at least 4 members (excludes halogenated alkanes) is 41. The highest BCUT2D eigenvalue weighted by atomic mass is 16.3. The van der Waals surface area contributed by atoms with Crippen LogP contribution in [0.15, 0.2) is 0 Å². The summed E-state index contributed by atoms with van der Waals surface area (Å²) < 4.78 is 0. The third kappa shape index (κ3) is 43.3. The molecule has 5 nitrogen and oxygen atoms in total. The SMILES string of the molecule is CCCCCCCCCCCCCCCCCCCCCCCCCCCC(O)C(CO)NC(=O)C(O)CCCCCCCCCCCCCCCCCCCC. The largest absolute Gasteiger partial charge is 0.394 e. The fraction of sp³-hybridized carbons (Fsp3) is 0.981. The van der Waals surface area contributed by atoms with E-state index in [2.05, 4.69) is 19.2 Å². The number of hydrogen-bond donors (Lipinski definition) is 4. The highest BCUT2D eigenvalue weighted by molar-refractivity contribution is 5.80. The Hall–Kier alpha value is -0.650. The van der Waals surface area contributed by atoms with Crippen molar-refractivity contribution < 1.29 is 20.1 Å². The van der Waals surface area contributed by atoms with E-state index in [0.29, 0.717) is 12.8 Å². The summed E-state index contributed by atoms with van der Waals surface area (Å²) in [6.45, 7) is 4.27. The van der Waals surface area contributed by atoms with Crippen LogP contribution in [0, 0.1) is 0 Å². The molecule has 0 aliphatic heterocycles. The molecule has 0 saturated carbocycles. The van der Waals surface area contributed by atoms with Crippen LogP contribution in [-0.2, 0) is 4.79 Å². The lowest BCUT2D eigenvalue weighted by Gasteiger charge is -2.23. The van der Waals surface area contributed by atoms with Gasteiger partial charge in [0.15, 0.2) is 0 Å². The molecule has 0 radical (unpaired) electrons. The van der Waals surface area contributed by atoms with Crippen LogP contribution in [-0.4, -0.2) is 46.1 Å². The van der Waals surface area contributed by atoms with Gasteiger partial charge in [0.2, 0.25) is 5.91 Å². The average molecular weight is 808 g/mol. The zero-order valence-corrected chi connectivity index (χ0v) is 39.0. The van der Waals surface area contributed by atoms with Gasteiger partial charge in [0.1, 0.15) is 6.10 Å². The summed E-state index contributed by atoms with van der Waals surface area (Å²) in [5, 5.41) is 33.5. The smallest absolute Gasteiger partial charge is 0.249 e. The lowest BCUT2D eigenvalue weighted by molar-refractivity contribution is -0.131. The lowest BCUT2D eigenvalue weighted by Crippen LogP contribution is -2.49. The molecule has 0 aliphatic rings. The molecule has 4 N–H and O–H groups in total. The maximum absolute atomic E-state index is 12.5. The van der Waals surface area contributed by atoms with E-state index in [1.54, 1.807) is 0 Å². The van der Waals surface area contributed by atoms with Crippen LogP contribution < -0.4 is 5.32 Å². The summed E-state index contributed by atoms with van der Waals surface area (Å²) in [6, 6.07) is -0.707. The minimum atomic E-state index is -1.07. The Morgan fingerprint density at radius 3 is 0.789 bits per heavy atom. The number of carbonyl (C=O) groups is 1. The van der Waals surface area contributed by atoms with Crippen molar-refractivity contribution in [2.75, 3.05) is 6.61 Å². The van der Waals surface area contributed by atoms with Gasteiger partial charge in [-0.1, -0.05) is 290 Å². The van der Waals surface area contributed by atoms with E-state index in [4.69, 9.17) is 0 Å². The van der Waals surface area contributed by atoms with E-state index in [9.17, 15) is 20.1 Å². The van der Waals surface area contributed by atoms with Crippen LogP contribution in [0.2, 0.25) is 0 Å². The molecule has 3 unspecified atom stereocenters. The molecule has 0 aliphatic carbocycles. The molecule has 57 heavy (non-hydrogen) atoms. The summed E-state index contributed by atoms with van der Waals surface area (Å²) in [7, 11) is 0. The topological polar surface area (TPSA) is 89.8 Å². The number of carbonyl (C=O) groups excluding carboxylic acids is 1. The first-order valence-corrected chi connectivity index (χ1v) is 26.3. The predicted octanol–water partition coefficient (Wildman–Crippen LogP) is 15.8. The summed E-state index contributed by atoms with van der Waals surface area (Å²) in [4.78, 5) is 12.5. The van der Waals surface area contributed by atoms with E-state index in [1.807, 2.05) is 0 Å². The van der Waals surface area contributed by atoms with Crippen LogP contribution in [0.25, 0.3) is 0 Å². The molecular weight excluding hydrogens is 703 g/mol. The van der Waals surface area contributed by atoms with Crippen LogP contribution in [0.3, 0.4) is 0 Å². The molecule has 1 amide bonds. The van der Waals surface area contributed by atoms with E-state index < -0.39 is 24.2 Å². The molecule has 0 aromatic heterocycles. The average Bonchev–Trinajstić information content (AvgIpc) is 3.22. The number of hydrogen-bond acceptors (Lipinski definition) is 4. The Kier molecular flexibility index (Phi) is 47.5. The fourth-order valence-corrected chi connectivity index (χ4v) is 8.61. The second kappa shape index (κ2) is 48.0. The standard InChI is InChI=1S/C52H105NO4/c1-3-5-7-9-11-13-15-17-19-21-23-24-25-26-27-28-29-31-32-34-36-38-40-42-44-46-50(55)49(48-54)53-52(57)51(56)47-45-43-41-39-37-35-33-30-22-20-18-16-14-12-10-8-6-4-2/h49-51,54-56H,3-48H2,1-2H3,(H,53,57). The van der Waals surface area contributed by atoms with Gasteiger partial charge in [-0.3, -0.25) is 4.79 Å². The van der Waals surface area contributed by atoms with E-state index in [0.717, 1.165) is 32.1 Å². The summed E-state index contributed by atoms with van der Waals surface area (Å²) in [6.07, 6.45) is 57.0. The molecule has 0 fully saturated rings. The summed E-state index contributed by atoms with van der Waals surface area (Å²) in [5.41, 5.74) is 0. The number of rotatable bonds is 49. The summed E-state index contributed by atoms with van der Waals surface area (Å²) >= 11 is 0. The first-order chi connectivity index (χ1) is 28.1. The quantitative estimate of drug-likeness (QED) is 0.0461. The van der Waals surface area contributed by atoms with E-state index >= 15 is 0 Å². The molecule has 0 aromatic carbocycles. The van der Waals surface area contributed by atoms with Crippen LogP contribution in [0.1, 0.15) is 303 Å².